The number of hydrogen-bond acceptors (Lipinski definition) is 8. The van der Waals surface area contributed by atoms with Crippen LogP contribution in [-0.4, -0.2) is 69.8 Å². The molecule has 0 bridgehead atoms. The van der Waals surface area contributed by atoms with Crippen LogP contribution in [0.1, 0.15) is 13.8 Å². The van der Waals surface area contributed by atoms with E-state index in [9.17, 15) is 13.8 Å². The highest BCUT2D eigenvalue weighted by Crippen LogP contribution is 2.54. The Balaban J connectivity index is 1.97. The van der Waals surface area contributed by atoms with E-state index < -0.39 is 31.7 Å². The number of hydrogen-bond donors (Lipinski definition) is 0. The summed E-state index contributed by atoms with van der Waals surface area (Å²) in [5.74, 6) is -3.82. The maximum atomic E-state index is 14.3. The topological polar surface area (TPSA) is 89.5 Å². The van der Waals surface area contributed by atoms with E-state index in [0.29, 0.717) is 6.61 Å². The zero-order valence-electron chi connectivity index (χ0n) is 13.3. The van der Waals surface area contributed by atoms with Gasteiger partial charge in [0, 0.05) is 7.11 Å². The molecule has 0 aromatic heterocycles. The average Bonchev–Trinajstić information content (AvgIpc) is 3.09. The van der Waals surface area contributed by atoms with Crippen LogP contribution in [0.3, 0.4) is 0 Å². The number of alkyl halides is 1. The number of halogens is 1. The van der Waals surface area contributed by atoms with Crippen LogP contribution in [0.15, 0.2) is 0 Å². The van der Waals surface area contributed by atoms with Gasteiger partial charge in [0.25, 0.3) is 5.91 Å². The molecule has 2 saturated heterocycles. The van der Waals surface area contributed by atoms with Gasteiger partial charge in [0.05, 0.1) is 26.4 Å². The van der Waals surface area contributed by atoms with E-state index in [1.165, 1.54) is 21.0 Å². The lowest BCUT2D eigenvalue weighted by Crippen LogP contribution is -2.36. The first-order valence-corrected chi connectivity index (χ1v) is 9.07. The third-order valence-corrected chi connectivity index (χ3v) is 5.63. The summed E-state index contributed by atoms with van der Waals surface area (Å²) >= 11 is 0. The van der Waals surface area contributed by atoms with Gasteiger partial charge in [-0.15, -0.1) is 0 Å². The highest BCUT2D eigenvalue weighted by molar-refractivity contribution is 7.55. The number of methoxy groups -OCH3 is 1. The molecule has 5 atom stereocenters. The molecule has 0 amide bonds. The Labute approximate surface area is 134 Å². The van der Waals surface area contributed by atoms with Crippen molar-refractivity contribution in [2.24, 2.45) is 0 Å². The van der Waals surface area contributed by atoms with Crippen molar-refractivity contribution in [3.05, 3.63) is 0 Å². The minimum absolute atomic E-state index is 0.0547. The number of ether oxygens (including phenoxy) is 4. The highest BCUT2D eigenvalue weighted by Gasteiger charge is 2.51. The third kappa shape index (κ3) is 3.92. The number of fused-ring (bicyclic) bond motifs is 1. The summed E-state index contributed by atoms with van der Waals surface area (Å²) < 4.78 is 57.4. The second kappa shape index (κ2) is 8.00. The lowest BCUT2D eigenvalue weighted by molar-refractivity contribution is -0.157. The normalized spacial score (nSPS) is 31.8. The third-order valence-electron chi connectivity index (χ3n) is 3.62. The molecule has 134 valence electrons. The van der Waals surface area contributed by atoms with Crippen LogP contribution in [0.4, 0.5) is 4.39 Å². The van der Waals surface area contributed by atoms with Gasteiger partial charge in [-0.05, 0) is 13.8 Å². The van der Waals surface area contributed by atoms with Gasteiger partial charge in [-0.25, -0.2) is 9.18 Å². The maximum absolute atomic E-state index is 14.3. The van der Waals surface area contributed by atoms with Gasteiger partial charge in [-0.2, -0.15) is 0 Å². The monoisotopic (exact) mass is 356 g/mol. The molecule has 0 N–H and O–H groups in total. The Hall–Kier alpha value is -0.570. The number of esters is 1. The minimum atomic E-state index is -4.22. The molecule has 23 heavy (non-hydrogen) atoms. The van der Waals surface area contributed by atoms with E-state index >= 15 is 0 Å². The first-order valence-electron chi connectivity index (χ1n) is 7.46. The maximum Gasteiger partial charge on any atom is 0.376 e. The molecule has 0 saturated carbocycles. The second-order valence-corrected chi connectivity index (χ2v) is 7.11. The van der Waals surface area contributed by atoms with Crippen LogP contribution in [0, 0.1) is 0 Å². The molecule has 1 unspecified atom stereocenters. The van der Waals surface area contributed by atoms with E-state index in [4.69, 9.17) is 28.0 Å². The lowest BCUT2D eigenvalue weighted by Gasteiger charge is -2.22. The molecular weight excluding hydrogens is 334 g/mol. The second-order valence-electron chi connectivity index (χ2n) is 5.06. The number of rotatable bonds is 8. The van der Waals surface area contributed by atoms with Crippen molar-refractivity contribution in [2.75, 3.05) is 33.5 Å². The van der Waals surface area contributed by atoms with Gasteiger partial charge < -0.3 is 28.0 Å². The van der Waals surface area contributed by atoms with Crippen LogP contribution < -0.4 is 0 Å². The zero-order chi connectivity index (χ0) is 17.0. The van der Waals surface area contributed by atoms with Gasteiger partial charge in [0.2, 0.25) is 0 Å². The largest absolute Gasteiger partial charge is 0.454 e. The van der Waals surface area contributed by atoms with E-state index in [0.717, 1.165) is 0 Å². The predicted molar refractivity (Wildman–Crippen MR) is 75.9 cm³/mol. The summed E-state index contributed by atoms with van der Waals surface area (Å²) in [6.45, 7) is 3.30. The Bertz CT molecular complexity index is 451. The molecule has 10 heteroatoms. The van der Waals surface area contributed by atoms with Crippen molar-refractivity contribution >= 4 is 13.6 Å². The number of carbonyl (C=O) groups is 1. The standard InChI is InChI=1S/C13H22FO8P/c1-4-20-23(16,21-5-2)12(14)13(15)22-9-7-19-10-8(17-3)6-18-11(9)10/h8-12H,4-7H2,1-3H3/t8-,9-,10-,11-,12?/m1/s1. The van der Waals surface area contributed by atoms with Crippen LogP contribution in [0.5, 0.6) is 0 Å². The molecule has 0 aliphatic carbocycles. The lowest BCUT2D eigenvalue weighted by atomic mass is 10.1. The quantitative estimate of drug-likeness (QED) is 0.475. The Kier molecular flexibility index (Phi) is 6.53. The van der Waals surface area contributed by atoms with Gasteiger partial charge in [0.1, 0.15) is 18.3 Å². The molecule has 2 heterocycles. The molecular formula is C13H22FO8P. The van der Waals surface area contributed by atoms with Crippen molar-refractivity contribution in [3.63, 3.8) is 0 Å². The Morgan fingerprint density at radius 2 is 1.70 bits per heavy atom. The summed E-state index contributed by atoms with van der Waals surface area (Å²) in [6, 6.07) is 0. The van der Waals surface area contributed by atoms with Crippen LogP contribution in [-0.2, 0) is 37.4 Å². The molecule has 8 nitrogen and oxygen atoms in total. The molecule has 2 aliphatic rings. The van der Waals surface area contributed by atoms with Crippen molar-refractivity contribution in [3.8, 4) is 0 Å². The van der Waals surface area contributed by atoms with Crippen LogP contribution in [0.2, 0.25) is 0 Å². The van der Waals surface area contributed by atoms with E-state index in [1.807, 2.05) is 0 Å². The fourth-order valence-electron chi connectivity index (χ4n) is 2.59. The Morgan fingerprint density at radius 1 is 1.17 bits per heavy atom. The molecule has 0 spiro atoms. The van der Waals surface area contributed by atoms with Crippen LogP contribution >= 0.6 is 7.60 Å². The molecule has 2 rings (SSSR count). The van der Waals surface area contributed by atoms with Crippen molar-refractivity contribution in [1.82, 2.24) is 0 Å². The van der Waals surface area contributed by atoms with Gasteiger partial charge >= 0.3 is 13.6 Å². The fraction of sp³-hybridized carbons (Fsp3) is 0.923. The van der Waals surface area contributed by atoms with Gasteiger partial charge in [-0.1, -0.05) is 0 Å². The molecule has 0 aromatic rings. The zero-order valence-corrected chi connectivity index (χ0v) is 14.2. The molecule has 0 radical (unpaired) electrons. The smallest absolute Gasteiger partial charge is 0.376 e. The Morgan fingerprint density at radius 3 is 2.22 bits per heavy atom. The van der Waals surface area contributed by atoms with Crippen molar-refractivity contribution < 1.29 is 41.7 Å². The first kappa shape index (κ1) is 18.8. The summed E-state index contributed by atoms with van der Waals surface area (Å²) in [5.41, 5.74) is 0. The fourth-order valence-corrected chi connectivity index (χ4v) is 3.97. The average molecular weight is 356 g/mol. The predicted octanol–water partition coefficient (Wildman–Crippen LogP) is 1.27. The first-order chi connectivity index (χ1) is 11.0. The summed E-state index contributed by atoms with van der Waals surface area (Å²) in [5, 5.41) is 0. The highest BCUT2D eigenvalue weighted by atomic mass is 31.2. The van der Waals surface area contributed by atoms with Gasteiger partial charge in [-0.3, -0.25) is 4.57 Å². The molecule has 2 fully saturated rings. The van der Waals surface area contributed by atoms with E-state index in [-0.39, 0.29) is 32.0 Å². The SMILES string of the molecule is CCOP(=O)(OCC)C(F)C(=O)O[C@@H]1CO[C@H]2[C@@H]1OC[C@H]2OC. The van der Waals surface area contributed by atoms with E-state index in [1.54, 1.807) is 0 Å². The molecule has 2 aliphatic heterocycles. The summed E-state index contributed by atoms with van der Waals surface area (Å²) in [7, 11) is -2.69. The van der Waals surface area contributed by atoms with E-state index in [2.05, 4.69) is 0 Å². The van der Waals surface area contributed by atoms with Crippen molar-refractivity contribution in [1.29, 1.82) is 0 Å². The summed E-state index contributed by atoms with van der Waals surface area (Å²) in [6.07, 6.45) is -1.96. The minimum Gasteiger partial charge on any atom is -0.454 e. The molecule has 0 aromatic carbocycles. The number of carbonyl (C=O) groups excluding carboxylic acids is 1. The van der Waals surface area contributed by atoms with Gasteiger partial charge in [0.15, 0.2) is 6.10 Å². The summed E-state index contributed by atoms with van der Waals surface area (Å²) in [4.78, 5) is 12.0. The van der Waals surface area contributed by atoms with Crippen molar-refractivity contribution in [2.45, 2.75) is 44.2 Å². The van der Waals surface area contributed by atoms with Crippen LogP contribution in [0.25, 0.3) is 0 Å².